The Morgan fingerprint density at radius 1 is 1.32 bits per heavy atom. The Bertz CT molecular complexity index is 411. The average Bonchev–Trinajstić information content (AvgIpc) is 2.26. The Labute approximate surface area is 115 Å². The molecule has 4 heteroatoms. The minimum atomic E-state index is -0.439. The van der Waals surface area contributed by atoms with Gasteiger partial charge < -0.3 is 15.8 Å². The lowest BCUT2D eigenvalue weighted by atomic mass is 10.1. The molecule has 0 saturated heterocycles. The number of nitrogens with one attached hydrogen (secondary N) is 1. The number of hydrogen-bond acceptors (Lipinski definition) is 3. The maximum atomic E-state index is 11.4. The lowest BCUT2D eigenvalue weighted by Crippen LogP contribution is -2.33. The molecule has 0 aromatic heterocycles. The standard InChI is InChI=1S/C15H24N2O2/c1-15(2,3)19-14(18)17-10-5-4-7-12-8-6-9-13(16)11-12/h6,8-9,11H,4-5,7,10,16H2,1-3H3,(H,17,18). The minimum Gasteiger partial charge on any atom is -0.444 e. The van der Waals surface area contributed by atoms with Crippen LogP contribution in [0.4, 0.5) is 10.5 Å². The van der Waals surface area contributed by atoms with Gasteiger partial charge >= 0.3 is 6.09 Å². The van der Waals surface area contributed by atoms with Gasteiger partial charge in [-0.1, -0.05) is 12.1 Å². The monoisotopic (exact) mass is 264 g/mol. The van der Waals surface area contributed by atoms with Gasteiger partial charge in [0.1, 0.15) is 5.60 Å². The first-order valence-electron chi connectivity index (χ1n) is 6.68. The molecule has 19 heavy (non-hydrogen) atoms. The Balaban J connectivity index is 2.13. The number of amides is 1. The van der Waals surface area contributed by atoms with Crippen molar-refractivity contribution in [2.24, 2.45) is 0 Å². The normalized spacial score (nSPS) is 11.1. The Morgan fingerprint density at radius 3 is 2.68 bits per heavy atom. The topological polar surface area (TPSA) is 64.3 Å². The summed E-state index contributed by atoms with van der Waals surface area (Å²) in [5, 5.41) is 2.75. The summed E-state index contributed by atoms with van der Waals surface area (Å²) >= 11 is 0. The summed E-state index contributed by atoms with van der Waals surface area (Å²) in [6.45, 7) is 6.20. The van der Waals surface area contributed by atoms with Gasteiger partial charge in [0.15, 0.2) is 0 Å². The van der Waals surface area contributed by atoms with Crippen LogP contribution in [0.15, 0.2) is 24.3 Å². The van der Waals surface area contributed by atoms with Crippen LogP contribution in [0, 0.1) is 0 Å². The summed E-state index contributed by atoms with van der Waals surface area (Å²) in [7, 11) is 0. The van der Waals surface area contributed by atoms with E-state index in [4.69, 9.17) is 10.5 Å². The number of unbranched alkanes of at least 4 members (excludes halogenated alkanes) is 1. The van der Waals surface area contributed by atoms with E-state index in [2.05, 4.69) is 11.4 Å². The van der Waals surface area contributed by atoms with Crippen molar-refractivity contribution < 1.29 is 9.53 Å². The molecule has 0 radical (unpaired) electrons. The van der Waals surface area contributed by atoms with E-state index in [1.54, 1.807) is 0 Å². The Morgan fingerprint density at radius 2 is 2.05 bits per heavy atom. The zero-order valence-electron chi connectivity index (χ0n) is 12.0. The third-order valence-corrected chi connectivity index (χ3v) is 2.51. The third-order valence-electron chi connectivity index (χ3n) is 2.51. The number of aryl methyl sites for hydroxylation is 1. The largest absolute Gasteiger partial charge is 0.444 e. The van der Waals surface area contributed by atoms with Gasteiger partial charge in [0, 0.05) is 12.2 Å². The van der Waals surface area contributed by atoms with E-state index in [1.165, 1.54) is 5.56 Å². The molecule has 0 atom stereocenters. The molecule has 0 aliphatic rings. The fraction of sp³-hybridized carbons (Fsp3) is 0.533. The van der Waals surface area contributed by atoms with Crippen LogP contribution < -0.4 is 11.1 Å². The number of rotatable bonds is 5. The second-order valence-electron chi connectivity index (χ2n) is 5.63. The van der Waals surface area contributed by atoms with Crippen molar-refractivity contribution in [2.45, 2.75) is 45.6 Å². The van der Waals surface area contributed by atoms with E-state index >= 15 is 0 Å². The molecule has 0 spiro atoms. The van der Waals surface area contributed by atoms with E-state index in [-0.39, 0.29) is 6.09 Å². The summed E-state index contributed by atoms with van der Waals surface area (Å²) in [5.74, 6) is 0. The van der Waals surface area contributed by atoms with Gasteiger partial charge in [-0.25, -0.2) is 4.79 Å². The average molecular weight is 264 g/mol. The predicted molar refractivity (Wildman–Crippen MR) is 78.0 cm³/mol. The fourth-order valence-electron chi connectivity index (χ4n) is 1.71. The van der Waals surface area contributed by atoms with Crippen molar-refractivity contribution in [3.63, 3.8) is 0 Å². The van der Waals surface area contributed by atoms with Crippen LogP contribution in [0.5, 0.6) is 0 Å². The molecule has 0 aliphatic heterocycles. The van der Waals surface area contributed by atoms with Gasteiger partial charge in [-0.2, -0.15) is 0 Å². The van der Waals surface area contributed by atoms with Crippen LogP contribution in [0.25, 0.3) is 0 Å². The highest BCUT2D eigenvalue weighted by molar-refractivity contribution is 5.67. The molecule has 1 aromatic rings. The highest BCUT2D eigenvalue weighted by Crippen LogP contribution is 2.10. The van der Waals surface area contributed by atoms with Crippen molar-refractivity contribution in [2.75, 3.05) is 12.3 Å². The predicted octanol–water partition coefficient (Wildman–Crippen LogP) is 3.12. The van der Waals surface area contributed by atoms with Gasteiger partial charge in [-0.3, -0.25) is 0 Å². The van der Waals surface area contributed by atoms with Crippen molar-refractivity contribution >= 4 is 11.8 Å². The molecule has 1 rings (SSSR count). The molecule has 0 saturated carbocycles. The molecule has 1 aromatic carbocycles. The van der Waals surface area contributed by atoms with Gasteiger partial charge in [-0.15, -0.1) is 0 Å². The molecule has 106 valence electrons. The Hall–Kier alpha value is -1.71. The number of hydrogen-bond donors (Lipinski definition) is 2. The van der Waals surface area contributed by atoms with Gasteiger partial charge in [0.2, 0.25) is 0 Å². The van der Waals surface area contributed by atoms with Crippen molar-refractivity contribution in [1.82, 2.24) is 5.32 Å². The zero-order valence-corrected chi connectivity index (χ0v) is 12.0. The van der Waals surface area contributed by atoms with Crippen LogP contribution in [-0.4, -0.2) is 18.2 Å². The number of alkyl carbamates (subject to hydrolysis) is 1. The number of anilines is 1. The summed E-state index contributed by atoms with van der Waals surface area (Å²) in [5.41, 5.74) is 7.30. The number of ether oxygens (including phenoxy) is 1. The molecule has 0 aliphatic carbocycles. The highest BCUT2D eigenvalue weighted by atomic mass is 16.6. The van der Waals surface area contributed by atoms with Gasteiger partial charge in [-0.05, 0) is 57.7 Å². The van der Waals surface area contributed by atoms with Gasteiger partial charge in [0.25, 0.3) is 0 Å². The molecule has 1 amide bonds. The van der Waals surface area contributed by atoms with Crippen LogP contribution >= 0.6 is 0 Å². The number of nitrogen functional groups attached to an aromatic ring is 1. The molecule has 4 nitrogen and oxygen atoms in total. The lowest BCUT2D eigenvalue weighted by Gasteiger charge is -2.19. The van der Waals surface area contributed by atoms with Crippen LogP contribution in [0.3, 0.4) is 0 Å². The summed E-state index contributed by atoms with van der Waals surface area (Å²) in [4.78, 5) is 11.4. The first-order chi connectivity index (χ1) is 8.87. The van der Waals surface area contributed by atoms with Crippen molar-refractivity contribution in [1.29, 1.82) is 0 Å². The number of benzene rings is 1. The molecule has 0 unspecified atom stereocenters. The molecule has 3 N–H and O–H groups in total. The van der Waals surface area contributed by atoms with Crippen LogP contribution in [-0.2, 0) is 11.2 Å². The molecular weight excluding hydrogens is 240 g/mol. The highest BCUT2D eigenvalue weighted by Gasteiger charge is 2.15. The molecule has 0 heterocycles. The van der Waals surface area contributed by atoms with Crippen molar-refractivity contribution in [3.8, 4) is 0 Å². The molecule has 0 fully saturated rings. The van der Waals surface area contributed by atoms with E-state index < -0.39 is 5.60 Å². The first-order valence-corrected chi connectivity index (χ1v) is 6.68. The molecule has 0 bridgehead atoms. The van der Waals surface area contributed by atoms with E-state index in [0.717, 1.165) is 24.9 Å². The SMILES string of the molecule is CC(C)(C)OC(=O)NCCCCc1cccc(N)c1. The van der Waals surface area contributed by atoms with Gasteiger partial charge in [0.05, 0.1) is 0 Å². The smallest absolute Gasteiger partial charge is 0.407 e. The fourth-order valence-corrected chi connectivity index (χ4v) is 1.71. The quantitative estimate of drug-likeness (QED) is 0.634. The number of carbonyl (C=O) groups is 1. The maximum absolute atomic E-state index is 11.4. The van der Waals surface area contributed by atoms with Crippen molar-refractivity contribution in [3.05, 3.63) is 29.8 Å². The van der Waals surface area contributed by atoms with E-state index in [9.17, 15) is 4.79 Å². The summed E-state index contributed by atoms with van der Waals surface area (Å²) in [6, 6.07) is 7.90. The second-order valence-corrected chi connectivity index (χ2v) is 5.63. The third kappa shape index (κ3) is 7.34. The second kappa shape index (κ2) is 7.02. The lowest BCUT2D eigenvalue weighted by molar-refractivity contribution is 0.0527. The molecular formula is C15H24N2O2. The summed E-state index contributed by atoms with van der Waals surface area (Å²) in [6.07, 6.45) is 2.56. The zero-order chi connectivity index (χ0) is 14.3. The maximum Gasteiger partial charge on any atom is 0.407 e. The summed E-state index contributed by atoms with van der Waals surface area (Å²) < 4.78 is 5.15. The number of nitrogens with two attached hydrogens (primary N) is 1. The Kier molecular flexibility index (Phi) is 5.67. The first kappa shape index (κ1) is 15.3. The van der Waals surface area contributed by atoms with Crippen LogP contribution in [0.2, 0.25) is 0 Å². The van der Waals surface area contributed by atoms with Crippen LogP contribution in [0.1, 0.15) is 39.2 Å². The van der Waals surface area contributed by atoms with E-state index in [0.29, 0.717) is 6.54 Å². The van der Waals surface area contributed by atoms with E-state index in [1.807, 2.05) is 39.0 Å². The minimum absolute atomic E-state index is 0.351. The number of carbonyl (C=O) groups excluding carboxylic acids is 1.